The molecule has 2 aromatic rings. The minimum Gasteiger partial charge on any atom is -0.505 e. The summed E-state index contributed by atoms with van der Waals surface area (Å²) in [4.78, 5) is 70.3. The van der Waals surface area contributed by atoms with E-state index in [1.54, 1.807) is 63.4 Å². The molecule has 0 heterocycles. The largest absolute Gasteiger partial charge is 0.505 e. The van der Waals surface area contributed by atoms with Crippen LogP contribution >= 0.6 is 0 Å². The number of aliphatic hydroxyl groups is 1. The number of ketones is 4. The van der Waals surface area contributed by atoms with Crippen molar-refractivity contribution >= 4 is 40.4 Å². The fourth-order valence-electron chi connectivity index (χ4n) is 7.08. The van der Waals surface area contributed by atoms with Gasteiger partial charge in [0.2, 0.25) is 5.91 Å². The topological polar surface area (TPSA) is 194 Å². The van der Waals surface area contributed by atoms with Crippen LogP contribution in [0.15, 0.2) is 30.3 Å². The fraction of sp³-hybridized carbons (Fsp3) is 0.419. The summed E-state index contributed by atoms with van der Waals surface area (Å²) < 4.78 is 0. The first-order valence-corrected chi connectivity index (χ1v) is 13.9. The lowest BCUT2D eigenvalue weighted by molar-refractivity contribution is -0.181. The minimum atomic E-state index is -2.78. The normalized spacial score (nSPS) is 28.1. The molecule has 3 aliphatic carbocycles. The smallest absolute Gasteiger partial charge is 0.235 e. The van der Waals surface area contributed by atoms with E-state index >= 15 is 0 Å². The number of Topliss-reactive ketones (excluding diaryl/α,β-unsaturated/α-hetero) is 4. The quantitative estimate of drug-likeness (QED) is 0.270. The Balaban J connectivity index is 1.58. The number of nitriles is 1. The number of fused-ring (bicyclic) bond motifs is 3. The molecule has 2 fully saturated rings. The number of hydrogen-bond acceptors (Lipinski definition) is 11. The van der Waals surface area contributed by atoms with Crippen LogP contribution in [-0.2, 0) is 32.1 Å². The standard InChI is InChI=1S/C31H33N5O7/c1-35(2)20-11-19(34-13-15-7-5-14(12-32)6-8-15)25(37)22-17(20)9-16-10-18-24(36(3)4)27(39)23(30(33)42)29(41)31(18,43)28(40)21(16)26(22)38/h5-8,11,16,18,21,23-24,34,37,43H,9-10,13H2,1-4H3,(H2,33,42)/t16-,18-,21?,23?,24-,31-/m0/s1. The Labute approximate surface area is 248 Å². The van der Waals surface area contributed by atoms with E-state index in [1.807, 2.05) is 0 Å². The van der Waals surface area contributed by atoms with Gasteiger partial charge in [-0.2, -0.15) is 5.26 Å². The van der Waals surface area contributed by atoms with Gasteiger partial charge >= 0.3 is 0 Å². The Morgan fingerprint density at radius 3 is 2.33 bits per heavy atom. The first-order chi connectivity index (χ1) is 20.2. The molecule has 0 saturated heterocycles. The molecule has 2 unspecified atom stereocenters. The Bertz CT molecular complexity index is 1610. The molecular formula is C31H33N5O7. The van der Waals surface area contributed by atoms with Crippen molar-refractivity contribution in [2.75, 3.05) is 38.4 Å². The maximum atomic E-state index is 14.1. The van der Waals surface area contributed by atoms with E-state index in [0.29, 0.717) is 16.8 Å². The van der Waals surface area contributed by atoms with E-state index in [1.165, 1.54) is 4.90 Å². The monoisotopic (exact) mass is 587 g/mol. The van der Waals surface area contributed by atoms with Crippen LogP contribution in [0.5, 0.6) is 5.75 Å². The zero-order chi connectivity index (χ0) is 31.5. The van der Waals surface area contributed by atoms with Crippen LogP contribution in [0.2, 0.25) is 0 Å². The molecule has 6 atom stereocenters. The number of likely N-dealkylation sites (N-methyl/N-ethyl adjacent to an activating group) is 1. The van der Waals surface area contributed by atoms with Crippen LogP contribution in [0, 0.1) is 35.0 Å². The number of carbonyl (C=O) groups excluding carboxylic acids is 5. The zero-order valence-corrected chi connectivity index (χ0v) is 24.2. The van der Waals surface area contributed by atoms with E-state index in [2.05, 4.69) is 11.4 Å². The summed E-state index contributed by atoms with van der Waals surface area (Å²) in [6, 6.07) is 9.44. The second kappa shape index (κ2) is 10.6. The number of aromatic hydroxyl groups is 1. The summed E-state index contributed by atoms with van der Waals surface area (Å²) in [6.07, 6.45) is 0.152. The molecule has 1 amide bonds. The van der Waals surface area contributed by atoms with Crippen molar-refractivity contribution in [3.8, 4) is 11.8 Å². The third-order valence-corrected chi connectivity index (χ3v) is 9.09. The van der Waals surface area contributed by atoms with Gasteiger partial charge in [0.1, 0.15) is 5.75 Å². The third-order valence-electron chi connectivity index (χ3n) is 9.09. The number of hydrogen-bond donors (Lipinski definition) is 4. The Kier molecular flexibility index (Phi) is 7.36. The number of benzene rings is 2. The molecule has 2 saturated carbocycles. The summed E-state index contributed by atoms with van der Waals surface area (Å²) in [6.45, 7) is 0.258. The first-order valence-electron chi connectivity index (χ1n) is 13.9. The third kappa shape index (κ3) is 4.47. The lowest BCUT2D eigenvalue weighted by Crippen LogP contribution is -2.74. The minimum absolute atomic E-state index is 0.0176. The van der Waals surface area contributed by atoms with Crippen LogP contribution in [0.1, 0.15) is 33.5 Å². The van der Waals surface area contributed by atoms with E-state index in [4.69, 9.17) is 11.0 Å². The van der Waals surface area contributed by atoms with E-state index in [0.717, 1.165) is 5.56 Å². The highest BCUT2D eigenvalue weighted by molar-refractivity contribution is 6.32. The summed E-state index contributed by atoms with van der Waals surface area (Å²) >= 11 is 0. The van der Waals surface area contributed by atoms with Gasteiger partial charge in [-0.05, 0) is 62.2 Å². The van der Waals surface area contributed by atoms with Gasteiger partial charge in [0.15, 0.2) is 34.7 Å². The lowest BCUT2D eigenvalue weighted by Gasteiger charge is -2.52. The number of anilines is 2. The predicted octanol–water partition coefficient (Wildman–Crippen LogP) is 0.417. The maximum absolute atomic E-state index is 14.1. The van der Waals surface area contributed by atoms with Gasteiger partial charge in [-0.3, -0.25) is 28.9 Å². The van der Waals surface area contributed by atoms with Crippen LogP contribution in [0.4, 0.5) is 11.4 Å². The lowest BCUT2D eigenvalue weighted by atomic mass is 9.52. The van der Waals surface area contributed by atoms with E-state index in [-0.39, 0.29) is 36.4 Å². The van der Waals surface area contributed by atoms with Crippen molar-refractivity contribution in [2.24, 2.45) is 29.4 Å². The van der Waals surface area contributed by atoms with Gasteiger partial charge in [-0.1, -0.05) is 12.1 Å². The van der Waals surface area contributed by atoms with Gasteiger partial charge in [0.25, 0.3) is 0 Å². The fourth-order valence-corrected chi connectivity index (χ4v) is 7.08. The van der Waals surface area contributed by atoms with E-state index < -0.39 is 64.4 Å². The zero-order valence-electron chi connectivity index (χ0n) is 24.2. The van der Waals surface area contributed by atoms with Gasteiger partial charge < -0.3 is 26.2 Å². The summed E-state index contributed by atoms with van der Waals surface area (Å²) in [5, 5.41) is 35.3. The second-order valence-corrected chi connectivity index (χ2v) is 12.0. The predicted molar refractivity (Wildman–Crippen MR) is 154 cm³/mol. The first kappa shape index (κ1) is 29.9. The summed E-state index contributed by atoms with van der Waals surface area (Å²) in [5.74, 6) is -10.9. The van der Waals surface area contributed by atoms with Crippen molar-refractivity contribution in [1.29, 1.82) is 5.26 Å². The SMILES string of the molecule is CN(C)c1cc(NCc2ccc(C#N)cc2)c(O)c2c1C[C@H]1C[C@H]3[C@H](N(C)C)C(=O)C(C(N)=O)C(=O)[C@@]3(O)C(=O)C1C2=O. The summed E-state index contributed by atoms with van der Waals surface area (Å²) in [7, 11) is 6.65. The molecule has 5 N–H and O–H groups in total. The molecule has 0 aliphatic heterocycles. The van der Waals surface area contributed by atoms with Crippen molar-refractivity contribution in [3.63, 3.8) is 0 Å². The highest BCUT2D eigenvalue weighted by Crippen LogP contribution is 2.52. The number of primary amides is 1. The molecule has 5 rings (SSSR count). The molecule has 12 nitrogen and oxygen atoms in total. The molecule has 43 heavy (non-hydrogen) atoms. The van der Waals surface area contributed by atoms with Crippen molar-refractivity contribution in [2.45, 2.75) is 31.0 Å². The molecule has 0 spiro atoms. The number of phenols is 1. The van der Waals surface area contributed by atoms with E-state index in [9.17, 15) is 34.2 Å². The Hall–Kier alpha value is -4.60. The highest BCUT2D eigenvalue weighted by Gasteiger charge is 2.69. The average Bonchev–Trinajstić information content (AvgIpc) is 2.94. The van der Waals surface area contributed by atoms with Crippen LogP contribution in [0.25, 0.3) is 0 Å². The Morgan fingerprint density at radius 2 is 1.77 bits per heavy atom. The molecule has 3 aliphatic rings. The molecule has 224 valence electrons. The van der Waals surface area contributed by atoms with Crippen LogP contribution < -0.4 is 16.0 Å². The van der Waals surface area contributed by atoms with Gasteiger partial charge in [-0.15, -0.1) is 0 Å². The number of phenolic OH excluding ortho intramolecular Hbond substituents is 1. The van der Waals surface area contributed by atoms with Gasteiger partial charge in [-0.25, -0.2) is 0 Å². The van der Waals surface area contributed by atoms with Gasteiger partial charge in [0, 0.05) is 32.2 Å². The molecule has 12 heteroatoms. The number of nitrogens with zero attached hydrogens (tertiary/aromatic N) is 3. The van der Waals surface area contributed by atoms with Crippen molar-refractivity contribution in [3.05, 3.63) is 52.6 Å². The number of amides is 1. The summed E-state index contributed by atoms with van der Waals surface area (Å²) in [5.41, 5.74) is 5.21. The molecule has 0 aromatic heterocycles. The Morgan fingerprint density at radius 1 is 1.12 bits per heavy atom. The number of nitrogens with two attached hydrogens (primary N) is 1. The van der Waals surface area contributed by atoms with Crippen molar-refractivity contribution in [1.82, 2.24) is 4.90 Å². The number of nitrogens with one attached hydrogen (secondary N) is 1. The molecular weight excluding hydrogens is 554 g/mol. The second-order valence-electron chi connectivity index (χ2n) is 12.0. The van der Waals surface area contributed by atoms with Crippen LogP contribution in [-0.4, -0.2) is 84.0 Å². The molecule has 0 bridgehead atoms. The highest BCUT2D eigenvalue weighted by atomic mass is 16.3. The molecule has 2 aromatic carbocycles. The number of carbonyl (C=O) groups is 5. The molecule has 0 radical (unpaired) electrons. The number of rotatable bonds is 6. The maximum Gasteiger partial charge on any atom is 0.235 e. The van der Waals surface area contributed by atoms with Crippen LogP contribution in [0.3, 0.4) is 0 Å². The van der Waals surface area contributed by atoms with Gasteiger partial charge in [0.05, 0.1) is 34.8 Å². The average molecular weight is 588 g/mol. The van der Waals surface area contributed by atoms with Crippen molar-refractivity contribution < 1.29 is 34.2 Å².